The van der Waals surface area contributed by atoms with Crippen LogP contribution in [0.25, 0.3) is 0 Å². The summed E-state index contributed by atoms with van der Waals surface area (Å²) in [5, 5.41) is 0. The van der Waals surface area contributed by atoms with Crippen LogP contribution >= 0.6 is 0 Å². The molecule has 0 aliphatic carbocycles. The number of ether oxygens (including phenoxy) is 4. The fourth-order valence-corrected chi connectivity index (χ4v) is 2.44. The highest BCUT2D eigenvalue weighted by Crippen LogP contribution is 2.41. The van der Waals surface area contributed by atoms with Gasteiger partial charge < -0.3 is 18.9 Å². The normalized spacial score (nSPS) is 12.3. The third kappa shape index (κ3) is 5.99. The van der Waals surface area contributed by atoms with E-state index in [0.29, 0.717) is 26.4 Å². The fourth-order valence-electron chi connectivity index (χ4n) is 2.44. The predicted molar refractivity (Wildman–Crippen MR) is 98.6 cm³/mol. The van der Waals surface area contributed by atoms with Crippen molar-refractivity contribution in [2.24, 2.45) is 0 Å². The molecule has 0 spiro atoms. The van der Waals surface area contributed by atoms with E-state index >= 15 is 0 Å². The van der Waals surface area contributed by atoms with Crippen molar-refractivity contribution < 1.29 is 18.9 Å². The van der Waals surface area contributed by atoms with Crippen molar-refractivity contribution in [1.29, 1.82) is 0 Å². The second-order valence-electron chi connectivity index (χ2n) is 8.03. The highest BCUT2D eigenvalue weighted by Gasteiger charge is 2.26. The first-order valence-electron chi connectivity index (χ1n) is 8.53. The maximum absolute atomic E-state index is 6.02. The van der Waals surface area contributed by atoms with Crippen LogP contribution in [0.4, 0.5) is 0 Å². The molecule has 0 radical (unpaired) electrons. The largest absolute Gasteiger partial charge is 0.491 e. The third-order valence-electron chi connectivity index (χ3n) is 3.79. The zero-order valence-electron chi connectivity index (χ0n) is 16.6. The van der Waals surface area contributed by atoms with Gasteiger partial charge in [-0.3, -0.25) is 0 Å². The van der Waals surface area contributed by atoms with Gasteiger partial charge in [0.15, 0.2) is 0 Å². The lowest BCUT2D eigenvalue weighted by Crippen LogP contribution is -2.20. The summed E-state index contributed by atoms with van der Waals surface area (Å²) < 4.78 is 22.3. The molecule has 0 amide bonds. The summed E-state index contributed by atoms with van der Waals surface area (Å²) in [7, 11) is 3.36. The van der Waals surface area contributed by atoms with Gasteiger partial charge in [0.05, 0.1) is 13.2 Å². The van der Waals surface area contributed by atoms with Crippen LogP contribution in [0, 0.1) is 0 Å². The highest BCUT2D eigenvalue weighted by molar-refractivity contribution is 5.51. The maximum atomic E-state index is 6.02. The monoisotopic (exact) mass is 338 g/mol. The van der Waals surface area contributed by atoms with Crippen LogP contribution in [-0.4, -0.2) is 40.6 Å². The first kappa shape index (κ1) is 20.8. The van der Waals surface area contributed by atoms with E-state index in [0.717, 1.165) is 22.6 Å². The lowest BCUT2D eigenvalue weighted by atomic mass is 9.81. The number of hydrogen-bond acceptors (Lipinski definition) is 4. The Hall–Kier alpha value is -1.26. The van der Waals surface area contributed by atoms with E-state index in [9.17, 15) is 0 Å². The molecule has 4 nitrogen and oxygen atoms in total. The Labute approximate surface area is 147 Å². The minimum atomic E-state index is -0.0435. The van der Waals surface area contributed by atoms with Gasteiger partial charge in [0.1, 0.15) is 24.7 Å². The SMILES string of the molecule is COCCOc1cc(C(C)(C)C)c(OCCOC)cc1C(C)(C)C. The van der Waals surface area contributed by atoms with Gasteiger partial charge in [0.25, 0.3) is 0 Å². The second kappa shape index (κ2) is 8.72. The van der Waals surface area contributed by atoms with Crippen molar-refractivity contribution in [3.8, 4) is 11.5 Å². The first-order chi connectivity index (χ1) is 11.1. The van der Waals surface area contributed by atoms with E-state index in [-0.39, 0.29) is 10.8 Å². The summed E-state index contributed by atoms with van der Waals surface area (Å²) in [6.07, 6.45) is 0. The van der Waals surface area contributed by atoms with Crippen molar-refractivity contribution in [2.75, 3.05) is 40.6 Å². The molecule has 1 rings (SSSR count). The van der Waals surface area contributed by atoms with Gasteiger partial charge in [0, 0.05) is 25.3 Å². The Balaban J connectivity index is 3.31. The van der Waals surface area contributed by atoms with Crippen molar-refractivity contribution in [1.82, 2.24) is 0 Å². The topological polar surface area (TPSA) is 36.9 Å². The summed E-state index contributed by atoms with van der Waals surface area (Å²) in [5.74, 6) is 1.81. The third-order valence-corrected chi connectivity index (χ3v) is 3.79. The average Bonchev–Trinajstić information content (AvgIpc) is 2.46. The number of methoxy groups -OCH3 is 2. The Kier molecular flexibility index (Phi) is 7.56. The van der Waals surface area contributed by atoms with Crippen LogP contribution in [-0.2, 0) is 20.3 Å². The van der Waals surface area contributed by atoms with Crippen molar-refractivity contribution in [3.63, 3.8) is 0 Å². The molecular formula is C20H34O4. The minimum absolute atomic E-state index is 0.0435. The van der Waals surface area contributed by atoms with Gasteiger partial charge >= 0.3 is 0 Å². The molecule has 138 valence electrons. The van der Waals surface area contributed by atoms with Gasteiger partial charge in [-0.05, 0) is 23.0 Å². The van der Waals surface area contributed by atoms with Gasteiger partial charge in [-0.2, -0.15) is 0 Å². The fraction of sp³-hybridized carbons (Fsp3) is 0.700. The number of hydrogen-bond donors (Lipinski definition) is 0. The first-order valence-corrected chi connectivity index (χ1v) is 8.53. The van der Waals surface area contributed by atoms with Crippen LogP contribution in [0.15, 0.2) is 12.1 Å². The average molecular weight is 338 g/mol. The summed E-state index contributed by atoms with van der Waals surface area (Å²) in [5.41, 5.74) is 2.19. The Morgan fingerprint density at radius 2 is 0.958 bits per heavy atom. The summed E-state index contributed by atoms with van der Waals surface area (Å²) >= 11 is 0. The second-order valence-corrected chi connectivity index (χ2v) is 8.03. The zero-order chi connectivity index (χ0) is 18.4. The van der Waals surface area contributed by atoms with Crippen molar-refractivity contribution in [2.45, 2.75) is 52.4 Å². The van der Waals surface area contributed by atoms with E-state index in [2.05, 4.69) is 53.7 Å². The molecule has 0 aromatic heterocycles. The van der Waals surface area contributed by atoms with E-state index in [1.807, 2.05) is 0 Å². The van der Waals surface area contributed by atoms with Crippen LogP contribution < -0.4 is 9.47 Å². The predicted octanol–water partition coefficient (Wildman–Crippen LogP) is 4.33. The van der Waals surface area contributed by atoms with Gasteiger partial charge in [-0.25, -0.2) is 0 Å². The summed E-state index contributed by atoms with van der Waals surface area (Å²) in [6, 6.07) is 4.25. The lowest BCUT2D eigenvalue weighted by Gasteiger charge is -2.29. The molecule has 1 aromatic rings. The van der Waals surface area contributed by atoms with E-state index in [1.54, 1.807) is 14.2 Å². The van der Waals surface area contributed by atoms with Gasteiger partial charge in [-0.15, -0.1) is 0 Å². The van der Waals surface area contributed by atoms with Gasteiger partial charge in [-0.1, -0.05) is 41.5 Å². The molecule has 24 heavy (non-hydrogen) atoms. The molecule has 0 saturated carbocycles. The molecule has 4 heteroatoms. The Morgan fingerprint density at radius 3 is 1.21 bits per heavy atom. The molecule has 0 heterocycles. The van der Waals surface area contributed by atoms with E-state index < -0.39 is 0 Å². The quantitative estimate of drug-likeness (QED) is 0.661. The molecule has 0 N–H and O–H groups in total. The summed E-state index contributed by atoms with van der Waals surface area (Å²) in [4.78, 5) is 0. The molecule has 0 aliphatic heterocycles. The van der Waals surface area contributed by atoms with Crippen LogP contribution in [0.3, 0.4) is 0 Å². The highest BCUT2D eigenvalue weighted by atomic mass is 16.5. The Morgan fingerprint density at radius 1 is 0.625 bits per heavy atom. The molecule has 0 aliphatic rings. The van der Waals surface area contributed by atoms with Crippen LogP contribution in [0.5, 0.6) is 11.5 Å². The molecule has 0 atom stereocenters. The molecule has 0 bridgehead atoms. The minimum Gasteiger partial charge on any atom is -0.491 e. The molecule has 0 unspecified atom stereocenters. The molecule has 0 fully saturated rings. The van der Waals surface area contributed by atoms with Crippen molar-refractivity contribution >= 4 is 0 Å². The smallest absolute Gasteiger partial charge is 0.123 e. The molecular weight excluding hydrogens is 304 g/mol. The standard InChI is InChI=1S/C20H34O4/c1-19(2,3)15-13-18(24-12-10-22-8)16(20(4,5)6)14-17(15)23-11-9-21-7/h13-14H,9-12H2,1-8H3. The van der Waals surface area contributed by atoms with Crippen molar-refractivity contribution in [3.05, 3.63) is 23.3 Å². The van der Waals surface area contributed by atoms with Gasteiger partial charge in [0.2, 0.25) is 0 Å². The Bertz CT molecular complexity index is 462. The molecule has 1 aromatic carbocycles. The molecule has 0 saturated heterocycles. The maximum Gasteiger partial charge on any atom is 0.123 e. The number of benzene rings is 1. The van der Waals surface area contributed by atoms with Crippen LogP contribution in [0.1, 0.15) is 52.7 Å². The lowest BCUT2D eigenvalue weighted by molar-refractivity contribution is 0.142. The van der Waals surface area contributed by atoms with Crippen LogP contribution in [0.2, 0.25) is 0 Å². The summed E-state index contributed by atoms with van der Waals surface area (Å²) in [6.45, 7) is 15.3. The number of rotatable bonds is 8. The van der Waals surface area contributed by atoms with E-state index in [4.69, 9.17) is 18.9 Å². The zero-order valence-corrected chi connectivity index (χ0v) is 16.6. The van der Waals surface area contributed by atoms with E-state index in [1.165, 1.54) is 0 Å².